The highest BCUT2D eigenvalue weighted by Crippen LogP contribution is 2.31. The summed E-state index contributed by atoms with van der Waals surface area (Å²) >= 11 is 1.70. The number of amides is 2. The molecule has 1 unspecified atom stereocenters. The van der Waals surface area contributed by atoms with Crippen LogP contribution in [0.1, 0.15) is 154 Å². The van der Waals surface area contributed by atoms with Gasteiger partial charge >= 0.3 is 5.97 Å². The van der Waals surface area contributed by atoms with Gasteiger partial charge in [0.1, 0.15) is 6.04 Å². The van der Waals surface area contributed by atoms with Crippen molar-refractivity contribution in [2.75, 3.05) is 24.7 Å². The molecule has 0 bridgehead atoms. The lowest BCUT2D eigenvalue weighted by Gasteiger charge is -2.31. The van der Waals surface area contributed by atoms with E-state index in [1.165, 1.54) is 12.8 Å². The third-order valence-electron chi connectivity index (χ3n) is 6.91. The first-order chi connectivity index (χ1) is 20.1. The molecule has 0 aromatic carbocycles. The average Bonchev–Trinajstić information content (AvgIpc) is 3.01. The first-order valence-electron chi connectivity index (χ1n) is 17.1. The van der Waals surface area contributed by atoms with Crippen molar-refractivity contribution in [2.45, 2.75) is 160 Å². The lowest BCUT2D eigenvalue weighted by Crippen LogP contribution is -2.48. The van der Waals surface area contributed by atoms with Crippen molar-refractivity contribution >= 4 is 29.5 Å². The average molecular weight is 623 g/mol. The molecule has 0 radical (unpaired) electrons. The van der Waals surface area contributed by atoms with Gasteiger partial charge in [0.2, 0.25) is 11.8 Å². The Labute approximate surface area is 266 Å². The Hall–Kier alpha value is -1.28. The summed E-state index contributed by atoms with van der Waals surface area (Å²) < 4.78 is 0. The summed E-state index contributed by atoms with van der Waals surface area (Å²) in [5.74, 6) is 2.08. The molecule has 2 amide bonds. The van der Waals surface area contributed by atoms with Crippen molar-refractivity contribution in [1.29, 1.82) is 0 Å². The number of carbonyl (C=O) groups excluding carboxylic acids is 2. The van der Waals surface area contributed by atoms with E-state index in [4.69, 9.17) is 5.11 Å². The lowest BCUT2D eigenvalue weighted by atomic mass is 9.78. The van der Waals surface area contributed by atoms with Crippen LogP contribution < -0.4 is 10.6 Å². The highest BCUT2D eigenvalue weighted by atomic mass is 32.2. The normalized spacial score (nSPS) is 10.9. The van der Waals surface area contributed by atoms with Crippen LogP contribution in [-0.4, -0.2) is 58.7 Å². The number of aliphatic carboxylic acids is 1. The van der Waals surface area contributed by atoms with Crippen molar-refractivity contribution in [1.82, 2.24) is 10.6 Å². The fourth-order valence-corrected chi connectivity index (χ4v) is 4.78. The quantitative estimate of drug-likeness (QED) is 0.101. The number of rotatable bonds is 20. The molecule has 42 heavy (non-hydrogen) atoms. The van der Waals surface area contributed by atoms with Crippen molar-refractivity contribution in [3.8, 4) is 0 Å². The van der Waals surface area contributed by atoms with Crippen LogP contribution in [-0.2, 0) is 14.4 Å². The maximum Gasteiger partial charge on any atom is 0.326 e. The second-order valence-electron chi connectivity index (χ2n) is 9.98. The van der Waals surface area contributed by atoms with E-state index in [2.05, 4.69) is 45.3 Å². The van der Waals surface area contributed by atoms with Gasteiger partial charge in [-0.15, -0.1) is 0 Å². The summed E-state index contributed by atoms with van der Waals surface area (Å²) in [5.41, 5.74) is -0.668. The number of hydrogen-bond donors (Lipinski definition) is 4. The van der Waals surface area contributed by atoms with E-state index in [1.54, 1.807) is 11.8 Å². The van der Waals surface area contributed by atoms with Gasteiger partial charge in [-0.2, -0.15) is 11.8 Å². The van der Waals surface area contributed by atoms with Gasteiger partial charge in [-0.1, -0.05) is 103 Å². The molecule has 0 aromatic rings. The van der Waals surface area contributed by atoms with Crippen molar-refractivity contribution in [2.24, 2.45) is 17.3 Å². The van der Waals surface area contributed by atoms with Crippen LogP contribution in [0.15, 0.2) is 0 Å². The predicted octanol–water partition coefficient (Wildman–Crippen LogP) is 8.72. The van der Waals surface area contributed by atoms with Gasteiger partial charge in [0.05, 0.1) is 5.41 Å². The zero-order valence-corrected chi connectivity index (χ0v) is 31.0. The molecular weight excluding hydrogens is 548 g/mol. The number of carbonyl (C=O) groups is 3. The molecule has 0 saturated carbocycles. The van der Waals surface area contributed by atoms with Crippen LogP contribution in [0.25, 0.3) is 0 Å². The summed E-state index contributed by atoms with van der Waals surface area (Å²) in [6.45, 7) is 27.4. The van der Waals surface area contributed by atoms with E-state index >= 15 is 0 Å². The number of carboxylic acids is 1. The van der Waals surface area contributed by atoms with Crippen LogP contribution in [0, 0.1) is 17.3 Å². The highest BCUT2D eigenvalue weighted by Gasteiger charge is 2.36. The van der Waals surface area contributed by atoms with Crippen LogP contribution >= 0.6 is 11.8 Å². The number of aliphatic hydroxyl groups excluding tert-OH is 1. The van der Waals surface area contributed by atoms with Gasteiger partial charge in [-0.05, 0) is 68.3 Å². The number of nitrogens with one attached hydrogen (secondary N) is 2. The molecule has 0 heterocycles. The number of hydrogen-bond acceptors (Lipinski definition) is 5. The summed E-state index contributed by atoms with van der Waals surface area (Å²) in [4.78, 5) is 35.1. The molecule has 4 N–H and O–H groups in total. The molecule has 0 aliphatic rings. The zero-order chi connectivity index (χ0) is 34.0. The minimum atomic E-state index is -0.995. The Kier molecular flexibility index (Phi) is 45.2. The van der Waals surface area contributed by atoms with Gasteiger partial charge < -0.3 is 20.8 Å². The predicted molar refractivity (Wildman–Crippen MR) is 186 cm³/mol. The molecule has 0 aliphatic heterocycles. The second-order valence-corrected chi connectivity index (χ2v) is 11.2. The van der Waals surface area contributed by atoms with Crippen molar-refractivity contribution in [3.05, 3.63) is 0 Å². The van der Waals surface area contributed by atoms with E-state index in [9.17, 15) is 19.5 Å². The highest BCUT2D eigenvalue weighted by molar-refractivity contribution is 7.99. The molecule has 1 atom stereocenters. The van der Waals surface area contributed by atoms with Gasteiger partial charge in [0.25, 0.3) is 0 Å². The van der Waals surface area contributed by atoms with E-state index in [-0.39, 0.29) is 18.4 Å². The molecule has 256 valence electrons. The fourth-order valence-electron chi connectivity index (χ4n) is 3.89. The summed E-state index contributed by atoms with van der Waals surface area (Å²) in [6, 6.07) is -0.849. The smallest absolute Gasteiger partial charge is 0.326 e. The maximum absolute atomic E-state index is 12.4. The Balaban J connectivity index is -0.000000191. The van der Waals surface area contributed by atoms with Crippen molar-refractivity contribution in [3.63, 3.8) is 0 Å². The van der Waals surface area contributed by atoms with E-state index in [1.807, 2.05) is 55.4 Å². The first-order valence-corrected chi connectivity index (χ1v) is 18.2. The second kappa shape index (κ2) is 37.7. The van der Waals surface area contributed by atoms with E-state index < -0.39 is 17.4 Å². The SMILES string of the molecule is CC.CC.CC.CCC(CC)CCNC(=O)CCC(C)C.CCCSCCC(NC(=O)C(CC)(CC)CCO)C(=O)O. The molecule has 0 spiro atoms. The fraction of sp³-hybridized carbons (Fsp3) is 0.912. The summed E-state index contributed by atoms with van der Waals surface area (Å²) in [5, 5.41) is 24.1. The summed E-state index contributed by atoms with van der Waals surface area (Å²) in [6.07, 6.45) is 8.27. The molecule has 0 aromatic heterocycles. The van der Waals surface area contributed by atoms with Crippen molar-refractivity contribution < 1.29 is 24.6 Å². The molecule has 0 aliphatic carbocycles. The van der Waals surface area contributed by atoms with Gasteiger partial charge in [-0.3, -0.25) is 9.59 Å². The molecular formula is C34H74N2O5S. The number of carboxylic acid groups (broad SMARTS) is 1. The van der Waals surface area contributed by atoms with E-state index in [0.29, 0.717) is 38.0 Å². The minimum absolute atomic E-state index is 0.0702. The lowest BCUT2D eigenvalue weighted by molar-refractivity contribution is -0.144. The first kappa shape index (κ1) is 50.4. The summed E-state index contributed by atoms with van der Waals surface area (Å²) in [7, 11) is 0. The monoisotopic (exact) mass is 623 g/mol. The van der Waals surface area contributed by atoms with Crippen LogP contribution in [0.4, 0.5) is 0 Å². The van der Waals surface area contributed by atoms with Crippen LogP contribution in [0.2, 0.25) is 0 Å². The Bertz CT molecular complexity index is 580. The number of thioether (sulfide) groups is 1. The Morgan fingerprint density at radius 1 is 0.810 bits per heavy atom. The molecule has 7 nitrogen and oxygen atoms in total. The largest absolute Gasteiger partial charge is 0.480 e. The van der Waals surface area contributed by atoms with Crippen LogP contribution in [0.5, 0.6) is 0 Å². The van der Waals surface area contributed by atoms with Gasteiger partial charge in [-0.25, -0.2) is 4.79 Å². The van der Waals surface area contributed by atoms with Gasteiger partial charge in [0, 0.05) is 19.6 Å². The maximum atomic E-state index is 12.4. The molecule has 0 fully saturated rings. The molecule has 0 saturated heterocycles. The molecule has 0 rings (SSSR count). The zero-order valence-electron chi connectivity index (χ0n) is 30.2. The standard InChI is InChI=1S/C15H29NO4S.C13H27NO.3C2H6/c1-4-10-21-11-7-12(13(18)19)16-14(20)15(5-2,6-3)8-9-17;1-5-12(6-2)9-10-14-13(15)8-7-11(3)4;3*1-2/h12,17H,4-11H2,1-3H3,(H,16,20)(H,18,19);11-12H,5-10H2,1-4H3,(H,14,15);3*1-2H3. The topological polar surface area (TPSA) is 116 Å². The molecule has 8 heteroatoms. The Morgan fingerprint density at radius 2 is 1.33 bits per heavy atom. The minimum Gasteiger partial charge on any atom is -0.480 e. The number of aliphatic hydroxyl groups is 1. The van der Waals surface area contributed by atoms with Crippen LogP contribution in [0.3, 0.4) is 0 Å². The van der Waals surface area contributed by atoms with Gasteiger partial charge in [0.15, 0.2) is 0 Å². The Morgan fingerprint density at radius 3 is 1.71 bits per heavy atom. The third kappa shape index (κ3) is 28.8. The third-order valence-corrected chi connectivity index (χ3v) is 8.13. The van der Waals surface area contributed by atoms with E-state index in [0.717, 1.165) is 43.2 Å².